The SMILES string of the molecule is CCCC(=O)N1CCC(CCc2ccccc2)(CN=C(N)NC(=O)c2nc(Cl)c(N)nc2N)CC1. The summed E-state index contributed by atoms with van der Waals surface area (Å²) in [5, 5.41) is 2.38. The van der Waals surface area contributed by atoms with Gasteiger partial charge in [-0.3, -0.25) is 19.9 Å². The quantitative estimate of drug-likeness (QED) is 0.319. The number of nitrogen functional groups attached to an aromatic ring is 2. The van der Waals surface area contributed by atoms with Crippen molar-refractivity contribution in [3.8, 4) is 0 Å². The number of carbonyl (C=O) groups excluding carboxylic acids is 2. The Morgan fingerprint density at radius 2 is 1.83 bits per heavy atom. The third kappa shape index (κ3) is 7.05. The second-order valence-electron chi connectivity index (χ2n) is 8.91. The lowest BCUT2D eigenvalue weighted by Crippen LogP contribution is -2.45. The number of carbonyl (C=O) groups is 2. The molecule has 1 saturated heterocycles. The van der Waals surface area contributed by atoms with Crippen LogP contribution in [0.5, 0.6) is 0 Å². The Bertz CT molecular complexity index is 1070. The highest BCUT2D eigenvalue weighted by Gasteiger charge is 2.35. The molecule has 1 aromatic heterocycles. The fourth-order valence-electron chi connectivity index (χ4n) is 4.22. The van der Waals surface area contributed by atoms with Crippen molar-refractivity contribution >= 4 is 41.0 Å². The molecule has 11 heteroatoms. The van der Waals surface area contributed by atoms with Crippen molar-refractivity contribution in [1.29, 1.82) is 0 Å². The summed E-state index contributed by atoms with van der Waals surface area (Å²) in [5.41, 5.74) is 18.3. The summed E-state index contributed by atoms with van der Waals surface area (Å²) >= 11 is 5.86. The fourth-order valence-corrected chi connectivity index (χ4v) is 4.35. The zero-order valence-corrected chi connectivity index (χ0v) is 20.7. The molecule has 1 aliphatic rings. The summed E-state index contributed by atoms with van der Waals surface area (Å²) in [6, 6.07) is 10.3. The molecule has 10 nitrogen and oxygen atoms in total. The highest BCUT2D eigenvalue weighted by atomic mass is 35.5. The summed E-state index contributed by atoms with van der Waals surface area (Å²) in [5.74, 6) is -0.739. The van der Waals surface area contributed by atoms with E-state index in [0.717, 1.165) is 32.1 Å². The Hall–Kier alpha value is -3.40. The van der Waals surface area contributed by atoms with Crippen LogP contribution in [0, 0.1) is 5.41 Å². The fraction of sp³-hybridized carbons (Fsp3) is 0.458. The number of nitrogens with one attached hydrogen (secondary N) is 1. The van der Waals surface area contributed by atoms with Crippen LogP contribution in [0.15, 0.2) is 35.3 Å². The van der Waals surface area contributed by atoms with Crippen LogP contribution >= 0.6 is 11.6 Å². The predicted molar refractivity (Wildman–Crippen MR) is 138 cm³/mol. The number of guanidine groups is 1. The first kappa shape index (κ1) is 26.2. The smallest absolute Gasteiger partial charge is 0.280 e. The Morgan fingerprint density at radius 1 is 1.14 bits per heavy atom. The number of anilines is 2. The minimum atomic E-state index is -0.670. The molecule has 0 spiro atoms. The average molecular weight is 501 g/mol. The predicted octanol–water partition coefficient (Wildman–Crippen LogP) is 2.38. The monoisotopic (exact) mass is 500 g/mol. The van der Waals surface area contributed by atoms with E-state index in [1.807, 2.05) is 30.0 Å². The van der Waals surface area contributed by atoms with Crippen molar-refractivity contribution in [3.05, 3.63) is 46.7 Å². The number of likely N-dealkylation sites (tertiary alicyclic amines) is 1. The minimum Gasteiger partial charge on any atom is -0.382 e. The molecule has 3 rings (SSSR count). The molecule has 7 N–H and O–H groups in total. The maximum Gasteiger partial charge on any atom is 0.280 e. The highest BCUT2D eigenvalue weighted by molar-refractivity contribution is 6.31. The van der Waals surface area contributed by atoms with Crippen LogP contribution in [-0.2, 0) is 11.2 Å². The molecule has 188 valence electrons. The first-order valence-electron chi connectivity index (χ1n) is 11.7. The summed E-state index contributed by atoms with van der Waals surface area (Å²) < 4.78 is 0. The van der Waals surface area contributed by atoms with Gasteiger partial charge >= 0.3 is 0 Å². The van der Waals surface area contributed by atoms with Crippen molar-refractivity contribution in [1.82, 2.24) is 20.2 Å². The Labute approximate surface area is 210 Å². The number of nitrogens with zero attached hydrogens (tertiary/aromatic N) is 4. The summed E-state index contributed by atoms with van der Waals surface area (Å²) in [6.45, 7) is 3.80. The molecule has 2 heterocycles. The second-order valence-corrected chi connectivity index (χ2v) is 9.26. The number of halogens is 1. The molecular formula is C24H33ClN8O2. The topological polar surface area (TPSA) is 166 Å². The van der Waals surface area contributed by atoms with Gasteiger partial charge in [0, 0.05) is 26.1 Å². The highest BCUT2D eigenvalue weighted by Crippen LogP contribution is 2.37. The lowest BCUT2D eigenvalue weighted by Gasteiger charge is -2.41. The van der Waals surface area contributed by atoms with E-state index in [0.29, 0.717) is 26.1 Å². The minimum absolute atomic E-state index is 0.0484. The number of rotatable bonds is 8. The van der Waals surface area contributed by atoms with Gasteiger partial charge in [0.25, 0.3) is 5.91 Å². The number of hydrogen-bond donors (Lipinski definition) is 4. The molecule has 1 fully saturated rings. The molecule has 1 aromatic carbocycles. The van der Waals surface area contributed by atoms with Gasteiger partial charge in [-0.15, -0.1) is 0 Å². The number of benzene rings is 1. The van der Waals surface area contributed by atoms with E-state index in [1.165, 1.54) is 5.56 Å². The molecule has 2 amide bonds. The standard InChI is InChI=1S/C24H33ClN8O2/c1-2-6-17(34)33-13-11-24(12-14-33,10-9-16-7-4-3-5-8-16)15-29-23(28)32-22(35)18-20(26)31-21(27)19(25)30-18/h3-5,7-8H,2,6,9-15H2,1H3,(H4,26,27,31)(H3,28,29,32,35). The van der Waals surface area contributed by atoms with E-state index in [4.69, 9.17) is 28.8 Å². The van der Waals surface area contributed by atoms with Crippen molar-refractivity contribution in [2.45, 2.75) is 45.4 Å². The maximum absolute atomic E-state index is 12.6. The second kappa shape index (κ2) is 11.8. The Morgan fingerprint density at radius 3 is 2.49 bits per heavy atom. The molecule has 0 saturated carbocycles. The maximum atomic E-state index is 12.6. The van der Waals surface area contributed by atoms with Crippen molar-refractivity contribution in [3.63, 3.8) is 0 Å². The van der Waals surface area contributed by atoms with Gasteiger partial charge in [0.1, 0.15) is 0 Å². The number of aromatic nitrogens is 2. The van der Waals surface area contributed by atoms with Crippen molar-refractivity contribution in [2.75, 3.05) is 31.1 Å². The Balaban J connectivity index is 1.70. The van der Waals surface area contributed by atoms with Gasteiger partial charge in [0.15, 0.2) is 28.4 Å². The molecular weight excluding hydrogens is 468 g/mol. The zero-order valence-electron chi connectivity index (χ0n) is 20.0. The summed E-state index contributed by atoms with van der Waals surface area (Å²) in [6.07, 6.45) is 4.81. The number of nitrogens with two attached hydrogens (primary N) is 3. The van der Waals surface area contributed by atoms with Crippen molar-refractivity contribution < 1.29 is 9.59 Å². The molecule has 2 aromatic rings. The molecule has 0 aliphatic carbocycles. The van der Waals surface area contributed by atoms with Crippen LogP contribution in [0.4, 0.5) is 11.6 Å². The van der Waals surface area contributed by atoms with E-state index < -0.39 is 5.91 Å². The molecule has 1 aliphatic heterocycles. The number of amides is 2. The molecule has 0 atom stereocenters. The van der Waals surface area contributed by atoms with Gasteiger partial charge < -0.3 is 22.1 Å². The van der Waals surface area contributed by atoms with Crippen molar-refractivity contribution in [2.24, 2.45) is 16.1 Å². The van der Waals surface area contributed by atoms with Gasteiger partial charge in [-0.05, 0) is 43.1 Å². The van der Waals surface area contributed by atoms with Crippen LogP contribution in [0.1, 0.15) is 55.1 Å². The van der Waals surface area contributed by atoms with Crippen LogP contribution in [0.3, 0.4) is 0 Å². The van der Waals surface area contributed by atoms with E-state index in [2.05, 4.69) is 32.4 Å². The number of piperidine rings is 1. The van der Waals surface area contributed by atoms with E-state index in [9.17, 15) is 9.59 Å². The number of aliphatic imine (C=N–C) groups is 1. The lowest BCUT2D eigenvalue weighted by atomic mass is 9.74. The molecule has 35 heavy (non-hydrogen) atoms. The summed E-state index contributed by atoms with van der Waals surface area (Å²) in [4.78, 5) is 39.1. The average Bonchev–Trinajstić information content (AvgIpc) is 2.85. The van der Waals surface area contributed by atoms with Gasteiger partial charge in [0.05, 0.1) is 0 Å². The molecule has 0 bridgehead atoms. The van der Waals surface area contributed by atoms with Gasteiger partial charge in [-0.1, -0.05) is 48.9 Å². The van der Waals surface area contributed by atoms with E-state index in [1.54, 1.807) is 0 Å². The first-order chi connectivity index (χ1) is 16.7. The number of hydrogen-bond acceptors (Lipinski definition) is 7. The zero-order chi connectivity index (χ0) is 25.4. The number of aryl methyl sites for hydroxylation is 1. The third-order valence-corrected chi connectivity index (χ3v) is 6.65. The van der Waals surface area contributed by atoms with E-state index >= 15 is 0 Å². The first-order valence-corrected chi connectivity index (χ1v) is 12.1. The van der Waals surface area contributed by atoms with Gasteiger partial charge in [0.2, 0.25) is 5.91 Å². The van der Waals surface area contributed by atoms with Crippen LogP contribution in [-0.4, -0.2) is 52.3 Å². The van der Waals surface area contributed by atoms with E-state index in [-0.39, 0.29) is 39.8 Å². The third-order valence-electron chi connectivity index (χ3n) is 6.37. The normalized spacial score (nSPS) is 15.6. The van der Waals surface area contributed by atoms with Gasteiger partial charge in [-0.2, -0.15) is 0 Å². The summed E-state index contributed by atoms with van der Waals surface area (Å²) in [7, 11) is 0. The Kier molecular flexibility index (Phi) is 8.86. The molecule has 0 unspecified atom stereocenters. The van der Waals surface area contributed by atoms with Crippen LogP contribution in [0.2, 0.25) is 5.15 Å². The molecule has 0 radical (unpaired) electrons. The lowest BCUT2D eigenvalue weighted by molar-refractivity contribution is -0.133. The van der Waals surface area contributed by atoms with Crippen LogP contribution in [0.25, 0.3) is 0 Å². The van der Waals surface area contributed by atoms with Crippen LogP contribution < -0.4 is 22.5 Å². The van der Waals surface area contributed by atoms with Gasteiger partial charge in [-0.25, -0.2) is 9.97 Å². The largest absolute Gasteiger partial charge is 0.382 e.